The lowest BCUT2D eigenvalue weighted by Gasteiger charge is -2.38. The summed E-state index contributed by atoms with van der Waals surface area (Å²) in [5, 5.41) is 3.86. The van der Waals surface area contributed by atoms with Crippen LogP contribution in [0.2, 0.25) is 0 Å². The molecule has 0 unspecified atom stereocenters. The van der Waals surface area contributed by atoms with Crippen LogP contribution in [0.25, 0.3) is 0 Å². The van der Waals surface area contributed by atoms with Gasteiger partial charge in [0.05, 0.1) is 7.11 Å². The average Bonchev–Trinajstić information content (AvgIpc) is 3.36. The Hall–Kier alpha value is -1.28. The van der Waals surface area contributed by atoms with E-state index in [1.54, 1.807) is 18.3 Å². The fourth-order valence-corrected chi connectivity index (χ4v) is 4.45. The van der Waals surface area contributed by atoms with Gasteiger partial charge < -0.3 is 10.1 Å². The topological polar surface area (TPSA) is 21.3 Å². The molecule has 3 aliphatic rings. The summed E-state index contributed by atoms with van der Waals surface area (Å²) in [5.74, 6) is 0.962. The van der Waals surface area contributed by atoms with Gasteiger partial charge in [-0.2, -0.15) is 0 Å². The lowest BCUT2D eigenvalue weighted by atomic mass is 9.75. The standard InChI is InChI=1S/C19H25NO/c1-21-16-8-6-15(7-9-16)19(11-12-19)18-17-5-3-2-4-14(17)10-13-20-18/h6-9,18,20H,2-5,10-13H2,1H3/t18-/m1/s1. The van der Waals surface area contributed by atoms with Crippen molar-refractivity contribution in [1.82, 2.24) is 5.32 Å². The number of hydrogen-bond acceptors (Lipinski definition) is 2. The highest BCUT2D eigenvalue weighted by atomic mass is 16.5. The first-order valence-corrected chi connectivity index (χ1v) is 8.42. The summed E-state index contributed by atoms with van der Waals surface area (Å²) in [7, 11) is 1.74. The van der Waals surface area contributed by atoms with E-state index in [0.717, 1.165) is 5.75 Å². The maximum atomic E-state index is 5.31. The minimum Gasteiger partial charge on any atom is -0.497 e. The fraction of sp³-hybridized carbons (Fsp3) is 0.579. The van der Waals surface area contributed by atoms with Gasteiger partial charge in [-0.25, -0.2) is 0 Å². The number of rotatable bonds is 3. The van der Waals surface area contributed by atoms with Crippen LogP contribution in [0, 0.1) is 0 Å². The molecule has 1 saturated carbocycles. The molecular weight excluding hydrogens is 258 g/mol. The zero-order valence-corrected chi connectivity index (χ0v) is 13.0. The maximum absolute atomic E-state index is 5.31. The molecule has 0 bridgehead atoms. The second kappa shape index (κ2) is 5.17. The first-order valence-electron chi connectivity index (χ1n) is 8.42. The largest absolute Gasteiger partial charge is 0.497 e. The van der Waals surface area contributed by atoms with Gasteiger partial charge in [-0.1, -0.05) is 23.3 Å². The Morgan fingerprint density at radius 2 is 1.81 bits per heavy atom. The smallest absolute Gasteiger partial charge is 0.118 e. The molecular formula is C19H25NO. The zero-order valence-electron chi connectivity index (χ0n) is 13.0. The van der Waals surface area contributed by atoms with Crippen molar-refractivity contribution in [2.24, 2.45) is 0 Å². The Bertz CT molecular complexity index is 549. The van der Waals surface area contributed by atoms with E-state index >= 15 is 0 Å². The summed E-state index contributed by atoms with van der Waals surface area (Å²) in [4.78, 5) is 0. The molecule has 1 aromatic carbocycles. The van der Waals surface area contributed by atoms with Crippen LogP contribution in [0.4, 0.5) is 0 Å². The third-order valence-corrected chi connectivity index (χ3v) is 5.76. The second-order valence-corrected chi connectivity index (χ2v) is 6.86. The minimum absolute atomic E-state index is 0.366. The number of benzene rings is 1. The normalized spacial score (nSPS) is 27.2. The Morgan fingerprint density at radius 1 is 1.05 bits per heavy atom. The van der Waals surface area contributed by atoms with Crippen LogP contribution in [0.15, 0.2) is 35.4 Å². The van der Waals surface area contributed by atoms with Crippen molar-refractivity contribution < 1.29 is 4.74 Å². The van der Waals surface area contributed by atoms with Gasteiger partial charge in [-0.15, -0.1) is 0 Å². The molecule has 2 nitrogen and oxygen atoms in total. The van der Waals surface area contributed by atoms with Crippen molar-refractivity contribution in [3.8, 4) is 5.75 Å². The van der Waals surface area contributed by atoms with Crippen molar-refractivity contribution in [3.05, 3.63) is 41.0 Å². The highest BCUT2D eigenvalue weighted by Gasteiger charge is 2.52. The van der Waals surface area contributed by atoms with Crippen LogP contribution < -0.4 is 10.1 Å². The van der Waals surface area contributed by atoms with Gasteiger partial charge in [0.1, 0.15) is 5.75 Å². The summed E-state index contributed by atoms with van der Waals surface area (Å²) >= 11 is 0. The van der Waals surface area contributed by atoms with Gasteiger partial charge in [-0.05, 0) is 69.2 Å². The number of methoxy groups -OCH3 is 1. The van der Waals surface area contributed by atoms with Crippen LogP contribution in [0.3, 0.4) is 0 Å². The Morgan fingerprint density at radius 3 is 2.52 bits per heavy atom. The van der Waals surface area contributed by atoms with Crippen LogP contribution in [0.1, 0.15) is 50.5 Å². The van der Waals surface area contributed by atoms with Crippen LogP contribution in [-0.4, -0.2) is 19.7 Å². The second-order valence-electron chi connectivity index (χ2n) is 6.86. The van der Waals surface area contributed by atoms with Gasteiger partial charge >= 0.3 is 0 Å². The van der Waals surface area contributed by atoms with Gasteiger partial charge in [0.25, 0.3) is 0 Å². The minimum atomic E-state index is 0.366. The monoisotopic (exact) mass is 283 g/mol. The van der Waals surface area contributed by atoms with E-state index in [0.29, 0.717) is 11.5 Å². The zero-order chi connectivity index (χ0) is 14.3. The molecule has 1 aromatic rings. The van der Waals surface area contributed by atoms with E-state index in [1.165, 1.54) is 57.1 Å². The van der Waals surface area contributed by atoms with Gasteiger partial charge in [0.15, 0.2) is 0 Å². The molecule has 0 aromatic heterocycles. The molecule has 4 rings (SSSR count). The molecule has 0 amide bonds. The third-order valence-electron chi connectivity index (χ3n) is 5.76. The summed E-state index contributed by atoms with van der Waals surface area (Å²) in [5.41, 5.74) is 5.41. The highest BCUT2D eigenvalue weighted by molar-refractivity contribution is 5.43. The van der Waals surface area contributed by atoms with E-state index in [4.69, 9.17) is 4.74 Å². The van der Waals surface area contributed by atoms with E-state index in [2.05, 4.69) is 29.6 Å². The van der Waals surface area contributed by atoms with Crippen molar-refractivity contribution in [2.45, 2.75) is 56.4 Å². The Balaban J connectivity index is 1.67. The average molecular weight is 283 g/mol. The first kappa shape index (κ1) is 13.4. The third kappa shape index (κ3) is 2.20. The summed E-state index contributed by atoms with van der Waals surface area (Å²) < 4.78 is 5.31. The molecule has 112 valence electrons. The van der Waals surface area contributed by atoms with Crippen molar-refractivity contribution in [3.63, 3.8) is 0 Å². The van der Waals surface area contributed by atoms with Crippen molar-refractivity contribution >= 4 is 0 Å². The van der Waals surface area contributed by atoms with E-state index < -0.39 is 0 Å². The summed E-state index contributed by atoms with van der Waals surface area (Å²) in [6, 6.07) is 9.40. The molecule has 0 radical (unpaired) electrons. The first-order chi connectivity index (χ1) is 10.3. The van der Waals surface area contributed by atoms with Gasteiger partial charge in [0, 0.05) is 11.5 Å². The van der Waals surface area contributed by atoms with Gasteiger partial charge in [0.2, 0.25) is 0 Å². The molecule has 21 heavy (non-hydrogen) atoms. The molecule has 2 heteroatoms. The lowest BCUT2D eigenvalue weighted by Crippen LogP contribution is -2.45. The van der Waals surface area contributed by atoms with E-state index in [9.17, 15) is 0 Å². The van der Waals surface area contributed by atoms with Crippen LogP contribution >= 0.6 is 0 Å². The summed E-state index contributed by atoms with van der Waals surface area (Å²) in [6.07, 6.45) is 9.40. The van der Waals surface area contributed by atoms with E-state index in [-0.39, 0.29) is 0 Å². The van der Waals surface area contributed by atoms with E-state index in [1.807, 2.05) is 0 Å². The molecule has 1 fully saturated rings. The van der Waals surface area contributed by atoms with Crippen LogP contribution in [0.5, 0.6) is 5.75 Å². The summed E-state index contributed by atoms with van der Waals surface area (Å²) in [6.45, 7) is 1.17. The SMILES string of the molecule is COc1ccc(C2([C@@H]3NCCC4=C3CCCC4)CC2)cc1. The fourth-order valence-electron chi connectivity index (χ4n) is 4.45. The highest BCUT2D eigenvalue weighted by Crippen LogP contribution is 2.55. The number of hydrogen-bond donors (Lipinski definition) is 1. The predicted molar refractivity (Wildman–Crippen MR) is 85.8 cm³/mol. The predicted octanol–water partition coefficient (Wildman–Crippen LogP) is 3.96. The lowest BCUT2D eigenvalue weighted by molar-refractivity contribution is 0.404. The Labute approximate surface area is 127 Å². The maximum Gasteiger partial charge on any atom is 0.118 e. The van der Waals surface area contributed by atoms with Crippen LogP contribution in [-0.2, 0) is 5.41 Å². The molecule has 2 aliphatic carbocycles. The van der Waals surface area contributed by atoms with Crippen molar-refractivity contribution in [2.75, 3.05) is 13.7 Å². The quantitative estimate of drug-likeness (QED) is 0.848. The number of ether oxygens (including phenoxy) is 1. The molecule has 0 saturated heterocycles. The molecule has 1 aliphatic heterocycles. The molecule has 0 spiro atoms. The van der Waals surface area contributed by atoms with Gasteiger partial charge in [-0.3, -0.25) is 0 Å². The number of nitrogens with one attached hydrogen (secondary N) is 1. The van der Waals surface area contributed by atoms with Crippen molar-refractivity contribution in [1.29, 1.82) is 0 Å². The molecule has 1 N–H and O–H groups in total. The molecule has 1 heterocycles. The molecule has 1 atom stereocenters. The Kier molecular flexibility index (Phi) is 3.30.